The number of aliphatic hydroxyl groups is 2. The lowest BCUT2D eigenvalue weighted by Gasteiger charge is -2.27. The summed E-state index contributed by atoms with van der Waals surface area (Å²) in [4.78, 5) is 2.35. The van der Waals surface area contributed by atoms with E-state index in [1.807, 2.05) is 53.2 Å². The molecule has 2 N–H and O–H groups in total. The molecule has 1 aliphatic rings. The molecule has 140 valence electrons. The van der Waals surface area contributed by atoms with E-state index < -0.39 is 6.10 Å². The summed E-state index contributed by atoms with van der Waals surface area (Å²) in [7, 11) is 0. The first-order valence-electron chi connectivity index (χ1n) is 9.11. The second-order valence-corrected chi connectivity index (χ2v) is 6.75. The predicted octanol–water partition coefficient (Wildman–Crippen LogP) is 2.72. The molecule has 4 rings (SSSR count). The van der Waals surface area contributed by atoms with Crippen LogP contribution in [0.2, 0.25) is 0 Å². The highest BCUT2D eigenvalue weighted by Gasteiger charge is 2.20. The van der Waals surface area contributed by atoms with Gasteiger partial charge in [-0.2, -0.15) is 5.10 Å². The number of ether oxygens (including phenoxy) is 1. The molecule has 6 nitrogen and oxygen atoms in total. The molecule has 2 aromatic carbocycles. The van der Waals surface area contributed by atoms with E-state index in [9.17, 15) is 5.11 Å². The summed E-state index contributed by atoms with van der Waals surface area (Å²) in [6, 6.07) is 19.8. The van der Waals surface area contributed by atoms with Crippen LogP contribution in [0.3, 0.4) is 0 Å². The maximum Gasteiger partial charge on any atom is 0.127 e. The minimum Gasteiger partial charge on any atom is -0.457 e. The van der Waals surface area contributed by atoms with E-state index in [1.165, 1.54) is 5.56 Å². The van der Waals surface area contributed by atoms with Crippen molar-refractivity contribution in [1.29, 1.82) is 0 Å². The molecule has 0 fully saturated rings. The van der Waals surface area contributed by atoms with Gasteiger partial charge in [0.05, 0.1) is 24.5 Å². The summed E-state index contributed by atoms with van der Waals surface area (Å²) in [6.07, 6.45) is -0.909. The van der Waals surface area contributed by atoms with Crippen LogP contribution in [0.4, 0.5) is 0 Å². The summed E-state index contributed by atoms with van der Waals surface area (Å²) in [5, 5.41) is 23.2. The number of aliphatic hydroxyl groups excluding tert-OH is 2. The summed E-state index contributed by atoms with van der Waals surface area (Å²) in [5.74, 6) is 1.65. The van der Waals surface area contributed by atoms with Crippen LogP contribution < -0.4 is 4.74 Å². The number of hydrogen-bond donors (Lipinski definition) is 2. The van der Waals surface area contributed by atoms with Gasteiger partial charge < -0.3 is 14.9 Å². The summed E-state index contributed by atoms with van der Waals surface area (Å²) >= 11 is 0. The van der Waals surface area contributed by atoms with Crippen molar-refractivity contribution >= 4 is 0 Å². The van der Waals surface area contributed by atoms with Gasteiger partial charge in [-0.05, 0) is 35.9 Å². The quantitative estimate of drug-likeness (QED) is 0.703. The number of para-hydroxylation sites is 1. The van der Waals surface area contributed by atoms with Crippen LogP contribution in [-0.4, -0.2) is 38.0 Å². The lowest BCUT2D eigenvalue weighted by atomic mass is 10.1. The Bertz CT molecular complexity index is 877. The van der Waals surface area contributed by atoms with Gasteiger partial charge >= 0.3 is 0 Å². The van der Waals surface area contributed by atoms with Gasteiger partial charge in [-0.25, -0.2) is 0 Å². The molecule has 0 saturated heterocycles. The maximum atomic E-state index is 9.76. The van der Waals surface area contributed by atoms with Crippen molar-refractivity contribution in [3.8, 4) is 11.5 Å². The van der Waals surface area contributed by atoms with Crippen LogP contribution in [0.1, 0.15) is 23.1 Å². The third-order valence-electron chi connectivity index (χ3n) is 4.72. The first-order valence-corrected chi connectivity index (χ1v) is 9.11. The molecule has 0 saturated carbocycles. The number of benzene rings is 2. The highest BCUT2D eigenvalue weighted by molar-refractivity contribution is 5.33. The maximum absolute atomic E-state index is 9.76. The van der Waals surface area contributed by atoms with Crippen molar-refractivity contribution in [3.05, 3.63) is 77.6 Å². The van der Waals surface area contributed by atoms with Gasteiger partial charge in [0, 0.05) is 19.6 Å². The highest BCUT2D eigenvalue weighted by atomic mass is 16.5. The average molecular weight is 365 g/mol. The number of rotatable bonds is 6. The summed E-state index contributed by atoms with van der Waals surface area (Å²) in [6.45, 7) is 2.98. The summed E-state index contributed by atoms with van der Waals surface area (Å²) in [5.41, 5.74) is 2.82. The molecule has 0 spiro atoms. The molecule has 0 amide bonds. The second-order valence-electron chi connectivity index (χ2n) is 6.75. The minimum atomic E-state index is -0.909. The standard InChI is InChI=1S/C21H23N3O3/c25-15-21(26)20-12-17-14-23(10-11-24(17)22-20)13-16-6-8-19(9-7-16)27-18-4-2-1-3-5-18/h1-9,12,21,25-26H,10-11,13-15H2/t21-/m0/s1. The normalized spacial score (nSPS) is 15.3. The van der Waals surface area contributed by atoms with Gasteiger partial charge in [0.15, 0.2) is 0 Å². The fourth-order valence-corrected chi connectivity index (χ4v) is 3.28. The Morgan fingerprint density at radius 2 is 1.74 bits per heavy atom. The Morgan fingerprint density at radius 3 is 2.48 bits per heavy atom. The minimum absolute atomic E-state index is 0.308. The molecule has 2 heterocycles. The first-order chi connectivity index (χ1) is 13.2. The molecule has 0 unspecified atom stereocenters. The monoisotopic (exact) mass is 365 g/mol. The number of hydrogen-bond acceptors (Lipinski definition) is 5. The van der Waals surface area contributed by atoms with Crippen molar-refractivity contribution in [3.63, 3.8) is 0 Å². The first kappa shape index (κ1) is 17.7. The third kappa shape index (κ3) is 4.19. The van der Waals surface area contributed by atoms with Crippen molar-refractivity contribution in [1.82, 2.24) is 14.7 Å². The van der Waals surface area contributed by atoms with Gasteiger partial charge in [-0.15, -0.1) is 0 Å². The lowest BCUT2D eigenvalue weighted by molar-refractivity contribution is 0.0915. The van der Waals surface area contributed by atoms with E-state index in [0.717, 1.165) is 43.4 Å². The van der Waals surface area contributed by atoms with Crippen molar-refractivity contribution in [2.75, 3.05) is 13.2 Å². The largest absolute Gasteiger partial charge is 0.457 e. The smallest absolute Gasteiger partial charge is 0.127 e. The Hall–Kier alpha value is -2.67. The molecule has 0 radical (unpaired) electrons. The fraction of sp³-hybridized carbons (Fsp3) is 0.286. The van der Waals surface area contributed by atoms with E-state index >= 15 is 0 Å². The second kappa shape index (κ2) is 7.92. The fourth-order valence-electron chi connectivity index (χ4n) is 3.28. The Morgan fingerprint density at radius 1 is 1.00 bits per heavy atom. The average Bonchev–Trinajstić information content (AvgIpc) is 3.13. The molecular weight excluding hydrogens is 342 g/mol. The van der Waals surface area contributed by atoms with E-state index in [0.29, 0.717) is 5.69 Å². The zero-order valence-corrected chi connectivity index (χ0v) is 15.0. The van der Waals surface area contributed by atoms with Crippen LogP contribution in [0.15, 0.2) is 60.7 Å². The molecule has 3 aromatic rings. The molecule has 0 bridgehead atoms. The van der Waals surface area contributed by atoms with Crippen molar-refractivity contribution in [2.45, 2.75) is 25.7 Å². The van der Waals surface area contributed by atoms with Crippen molar-refractivity contribution < 1.29 is 14.9 Å². The van der Waals surface area contributed by atoms with Gasteiger partial charge in [0.2, 0.25) is 0 Å². The van der Waals surface area contributed by atoms with Crippen LogP contribution in [0.25, 0.3) is 0 Å². The lowest BCUT2D eigenvalue weighted by Crippen LogP contribution is -2.33. The van der Waals surface area contributed by atoms with E-state index in [4.69, 9.17) is 9.84 Å². The zero-order chi connectivity index (χ0) is 18.6. The molecule has 1 aromatic heterocycles. The number of nitrogens with zero attached hydrogens (tertiary/aromatic N) is 3. The van der Waals surface area contributed by atoms with Gasteiger partial charge in [-0.3, -0.25) is 9.58 Å². The van der Waals surface area contributed by atoms with Gasteiger partial charge in [0.25, 0.3) is 0 Å². The van der Waals surface area contributed by atoms with Gasteiger partial charge in [-0.1, -0.05) is 30.3 Å². The summed E-state index contributed by atoms with van der Waals surface area (Å²) < 4.78 is 7.75. The number of aromatic nitrogens is 2. The number of fused-ring (bicyclic) bond motifs is 1. The van der Waals surface area contributed by atoms with E-state index in [2.05, 4.69) is 22.1 Å². The van der Waals surface area contributed by atoms with Crippen LogP contribution >= 0.6 is 0 Å². The van der Waals surface area contributed by atoms with E-state index in [-0.39, 0.29) is 6.61 Å². The zero-order valence-electron chi connectivity index (χ0n) is 15.0. The molecule has 6 heteroatoms. The molecule has 0 aliphatic carbocycles. The molecular formula is C21H23N3O3. The predicted molar refractivity (Wildman–Crippen MR) is 101 cm³/mol. The molecule has 1 atom stereocenters. The van der Waals surface area contributed by atoms with Crippen LogP contribution in [0.5, 0.6) is 11.5 Å². The highest BCUT2D eigenvalue weighted by Crippen LogP contribution is 2.23. The Kier molecular flexibility index (Phi) is 5.20. The Balaban J connectivity index is 1.38. The third-order valence-corrected chi connectivity index (χ3v) is 4.72. The molecule has 27 heavy (non-hydrogen) atoms. The van der Waals surface area contributed by atoms with Gasteiger partial charge in [0.1, 0.15) is 17.6 Å². The van der Waals surface area contributed by atoms with Crippen molar-refractivity contribution in [2.24, 2.45) is 0 Å². The van der Waals surface area contributed by atoms with E-state index in [1.54, 1.807) is 0 Å². The van der Waals surface area contributed by atoms with Crippen LogP contribution in [0, 0.1) is 0 Å². The van der Waals surface area contributed by atoms with Crippen LogP contribution in [-0.2, 0) is 19.6 Å². The SMILES string of the molecule is OC[C@H](O)c1cc2n(n1)CCN(Cc1ccc(Oc3ccccc3)cc1)C2. The topological polar surface area (TPSA) is 70.8 Å². The molecule has 1 aliphatic heterocycles. The Labute approximate surface area is 158 Å².